The molecule has 21 nitrogen and oxygen atoms in total. The quantitative estimate of drug-likeness (QED) is 0.0591. The van der Waals surface area contributed by atoms with E-state index < -0.39 is 23.1 Å². The Hall–Kier alpha value is -7.86. The third-order valence-electron chi connectivity index (χ3n) is 14.9. The Morgan fingerprint density at radius 2 is 0.831 bits per heavy atom. The van der Waals surface area contributed by atoms with Gasteiger partial charge in [-0.25, -0.2) is 38.5 Å². The van der Waals surface area contributed by atoms with Gasteiger partial charge in [0.1, 0.15) is 68.7 Å². The Morgan fingerprint density at radius 1 is 0.506 bits per heavy atom. The summed E-state index contributed by atoms with van der Waals surface area (Å²) >= 11 is 0. The molecule has 10 rings (SSSR count). The number of nitrogens with zero attached hydrogens (tertiary/aromatic N) is 6. The molecule has 2 aromatic heterocycles. The zero-order valence-corrected chi connectivity index (χ0v) is 49.1. The fourth-order valence-electron chi connectivity index (χ4n) is 10.9. The SMILES string of the molecule is COC(=O)c1c(-c2ccc(Oc3ccc(OC)cc3)cc2)nc2n1NCCC2C1CCN(C(=O)OC(C)(C)C)CC1.COc1ccc(Oc2ccc(-c3nc4n(c3C(=O)O)NCCC4C3CCN(C(=O)OC(C)(C)C)CC3)cc2)cc1.[Li+].[OH-]. The molecule has 83 heavy (non-hydrogen) atoms. The smallest absolute Gasteiger partial charge is 0.870 e. The molecular weight excluding hydrogens is 1060 g/mol. The average Bonchev–Trinajstić information content (AvgIpc) is 3.43. The summed E-state index contributed by atoms with van der Waals surface area (Å²) in [6, 6.07) is 29.4. The van der Waals surface area contributed by atoms with Crippen molar-refractivity contribution < 1.29 is 81.8 Å². The maximum absolute atomic E-state index is 13.0. The van der Waals surface area contributed by atoms with Crippen LogP contribution in [0.2, 0.25) is 0 Å². The Bertz CT molecular complexity index is 3160. The molecule has 4 aliphatic heterocycles. The van der Waals surface area contributed by atoms with Gasteiger partial charge in [0.2, 0.25) is 0 Å². The molecule has 438 valence electrons. The largest absolute Gasteiger partial charge is 1.00 e. The molecule has 4 aromatic carbocycles. The third-order valence-corrected chi connectivity index (χ3v) is 14.9. The van der Waals surface area contributed by atoms with Crippen LogP contribution in [-0.2, 0) is 14.2 Å². The zero-order valence-electron chi connectivity index (χ0n) is 49.1. The van der Waals surface area contributed by atoms with Crippen molar-refractivity contribution in [2.24, 2.45) is 11.8 Å². The van der Waals surface area contributed by atoms with Crippen LogP contribution in [0.5, 0.6) is 34.5 Å². The Balaban J connectivity index is 0.000000233. The molecule has 0 bridgehead atoms. The van der Waals surface area contributed by atoms with Gasteiger partial charge in [-0.3, -0.25) is 0 Å². The van der Waals surface area contributed by atoms with Gasteiger partial charge in [-0.1, -0.05) is 0 Å². The Morgan fingerprint density at radius 3 is 1.16 bits per heavy atom. The number of likely N-dealkylation sites (tertiary alicyclic amines) is 2. The molecule has 2 fully saturated rings. The van der Waals surface area contributed by atoms with Gasteiger partial charge in [0.05, 0.1) is 21.3 Å². The predicted octanol–water partition coefficient (Wildman–Crippen LogP) is 8.37. The molecule has 22 heteroatoms. The number of hydrogen-bond donors (Lipinski definition) is 3. The minimum atomic E-state index is -1.04. The molecule has 2 unspecified atom stereocenters. The van der Waals surface area contributed by atoms with Gasteiger partial charge < -0.3 is 64.4 Å². The van der Waals surface area contributed by atoms with Gasteiger partial charge in [-0.15, -0.1) is 0 Å². The molecule has 0 saturated carbocycles. The maximum atomic E-state index is 13.0. The molecule has 6 aromatic rings. The number of fused-ring (bicyclic) bond motifs is 2. The van der Waals surface area contributed by atoms with E-state index in [0.29, 0.717) is 90.8 Å². The van der Waals surface area contributed by atoms with E-state index in [-0.39, 0.29) is 60.0 Å². The van der Waals surface area contributed by atoms with Crippen molar-refractivity contribution in [2.45, 2.75) is 103 Å². The number of nitrogens with one attached hydrogen (secondary N) is 2. The number of esters is 1. The first kappa shape index (κ1) is 62.7. The van der Waals surface area contributed by atoms with E-state index in [0.717, 1.165) is 67.2 Å². The van der Waals surface area contributed by atoms with Crippen LogP contribution in [0.1, 0.15) is 125 Å². The van der Waals surface area contributed by atoms with Crippen molar-refractivity contribution in [2.75, 3.05) is 71.4 Å². The topological polar surface area (TPSA) is 249 Å². The molecule has 4 aliphatic rings. The van der Waals surface area contributed by atoms with Crippen molar-refractivity contribution >= 4 is 24.1 Å². The molecule has 2 amide bonds. The van der Waals surface area contributed by atoms with Crippen molar-refractivity contribution in [3.05, 3.63) is 120 Å². The number of benzene rings is 4. The monoisotopic (exact) mass is 1130 g/mol. The van der Waals surface area contributed by atoms with E-state index in [1.807, 2.05) is 126 Å². The van der Waals surface area contributed by atoms with Gasteiger partial charge >= 0.3 is 43.0 Å². The number of carbonyl (C=O) groups excluding carboxylic acids is 3. The summed E-state index contributed by atoms with van der Waals surface area (Å²) in [5.41, 5.74) is 8.49. The second kappa shape index (κ2) is 27.0. The molecule has 0 radical (unpaired) electrons. The van der Waals surface area contributed by atoms with Crippen LogP contribution < -0.4 is 48.7 Å². The van der Waals surface area contributed by atoms with Crippen LogP contribution in [0.3, 0.4) is 0 Å². The maximum Gasteiger partial charge on any atom is 1.00 e. The van der Waals surface area contributed by atoms with E-state index >= 15 is 0 Å². The summed E-state index contributed by atoms with van der Waals surface area (Å²) in [7, 11) is 4.61. The van der Waals surface area contributed by atoms with Crippen LogP contribution >= 0.6 is 0 Å². The van der Waals surface area contributed by atoms with E-state index in [4.69, 9.17) is 43.1 Å². The van der Waals surface area contributed by atoms with Crippen LogP contribution in [0.4, 0.5) is 9.59 Å². The molecule has 4 N–H and O–H groups in total. The average molecular weight is 1140 g/mol. The molecule has 2 saturated heterocycles. The number of imidazole rings is 2. The van der Waals surface area contributed by atoms with Crippen molar-refractivity contribution in [1.82, 2.24) is 29.1 Å². The Kier molecular flexibility index (Phi) is 20.4. The van der Waals surface area contributed by atoms with Crippen LogP contribution in [-0.4, -0.2) is 136 Å². The van der Waals surface area contributed by atoms with E-state index in [2.05, 4.69) is 10.9 Å². The minimum absolute atomic E-state index is 0. The van der Waals surface area contributed by atoms with Gasteiger partial charge in [-0.05, 0) is 189 Å². The Labute approximate surface area is 496 Å². The molecular formula is C61H75LiN8O13. The van der Waals surface area contributed by atoms with Crippen molar-refractivity contribution in [3.63, 3.8) is 0 Å². The summed E-state index contributed by atoms with van der Waals surface area (Å²) in [6.45, 7) is 15.1. The summed E-state index contributed by atoms with van der Waals surface area (Å²) in [6.07, 6.45) is 4.50. The van der Waals surface area contributed by atoms with Crippen LogP contribution in [0, 0.1) is 11.8 Å². The van der Waals surface area contributed by atoms with Gasteiger partial charge in [0.15, 0.2) is 11.4 Å². The second-order valence-corrected chi connectivity index (χ2v) is 22.6. The molecule has 6 heterocycles. The van der Waals surface area contributed by atoms with Gasteiger partial charge in [-0.2, -0.15) is 0 Å². The number of methoxy groups -OCH3 is 3. The number of aromatic carboxylic acids is 1. The summed E-state index contributed by atoms with van der Waals surface area (Å²) in [5, 5.41) is 10.2. The van der Waals surface area contributed by atoms with E-state index in [1.54, 1.807) is 45.5 Å². The summed E-state index contributed by atoms with van der Waals surface area (Å²) in [5.74, 6) is 5.06. The van der Waals surface area contributed by atoms with Gasteiger partial charge in [0, 0.05) is 62.2 Å². The van der Waals surface area contributed by atoms with Crippen molar-refractivity contribution in [1.29, 1.82) is 0 Å². The van der Waals surface area contributed by atoms with E-state index in [9.17, 15) is 24.3 Å². The normalized spacial score (nSPS) is 17.0. The standard InChI is InChI=1S/C31H38N4O6.C30H36N4O6.Li.H2O/c1-31(2,3)41-30(37)34-18-15-20(16-19-34)25-14-17-32-35-27(29(36)39-5)26(33-28(25)35)21-6-8-23(9-7-21)40-24-12-10-22(38-4)11-13-24;1-30(2,3)40-29(37)33-17-14-19(15-18-33)24-13-16-31-34-26(28(35)36)25(32-27(24)34)20-5-7-22(8-6-20)39-23-11-9-21(38-4)10-12-23;;/h6-13,20,25,32H,14-19H2,1-5H3;5-12,19,24,31H,13-18H2,1-4H3,(H,35,36);;1H2/q;;+1;/p-1. The minimum Gasteiger partial charge on any atom is -0.870 e. The fourth-order valence-corrected chi connectivity index (χ4v) is 10.9. The number of amides is 2. The number of piperidine rings is 2. The number of carboxylic acids is 1. The molecule has 0 spiro atoms. The summed E-state index contributed by atoms with van der Waals surface area (Å²) in [4.78, 5) is 64.0. The van der Waals surface area contributed by atoms with Crippen LogP contribution in [0.25, 0.3) is 22.5 Å². The molecule has 0 aliphatic carbocycles. The fraction of sp³-hybridized carbons (Fsp3) is 0.443. The van der Waals surface area contributed by atoms with Crippen LogP contribution in [0.15, 0.2) is 97.1 Å². The van der Waals surface area contributed by atoms with E-state index in [1.165, 1.54) is 7.11 Å². The molecule has 2 atom stereocenters. The number of rotatable bonds is 12. The predicted molar refractivity (Wildman–Crippen MR) is 306 cm³/mol. The first-order valence-electron chi connectivity index (χ1n) is 27.6. The number of aromatic nitrogens is 4. The van der Waals surface area contributed by atoms with Gasteiger partial charge in [0.25, 0.3) is 0 Å². The number of ether oxygens (including phenoxy) is 7. The van der Waals surface area contributed by atoms with Crippen molar-refractivity contribution in [3.8, 4) is 57.0 Å². The number of carbonyl (C=O) groups is 4. The number of carboxylic acid groups (broad SMARTS) is 1. The summed E-state index contributed by atoms with van der Waals surface area (Å²) < 4.78 is 42.0. The second-order valence-electron chi connectivity index (χ2n) is 22.6. The first-order valence-corrected chi connectivity index (χ1v) is 27.6. The number of hydrogen-bond acceptors (Lipinski definition) is 16. The third kappa shape index (κ3) is 15.0. The zero-order chi connectivity index (χ0) is 57.6. The first-order chi connectivity index (χ1) is 38.8.